The Morgan fingerprint density at radius 1 is 1.00 bits per heavy atom. The third-order valence-corrected chi connectivity index (χ3v) is 11.3. The summed E-state index contributed by atoms with van der Waals surface area (Å²) in [7, 11) is 0. The Kier molecular flexibility index (Phi) is 7.99. The number of hydrogen-bond acceptors (Lipinski definition) is 10. The lowest BCUT2D eigenvalue weighted by Crippen LogP contribution is -2.30. The van der Waals surface area contributed by atoms with Gasteiger partial charge in [-0.25, -0.2) is 9.98 Å². The maximum atomic E-state index is 13.1. The molecule has 3 aliphatic rings. The zero-order chi connectivity index (χ0) is 32.1. The number of thiazole rings is 1. The molecule has 2 atom stereocenters. The molecule has 7 rings (SSSR count). The van der Waals surface area contributed by atoms with Crippen molar-refractivity contribution in [3.8, 4) is 0 Å². The van der Waals surface area contributed by atoms with Crippen LogP contribution in [0.25, 0.3) is 16.3 Å². The van der Waals surface area contributed by atoms with Crippen molar-refractivity contribution in [2.24, 2.45) is 16.8 Å². The number of nitrogens with zero attached hydrogens (tertiary/aromatic N) is 4. The third-order valence-electron chi connectivity index (χ3n) is 8.21. The van der Waals surface area contributed by atoms with Crippen molar-refractivity contribution in [3.63, 3.8) is 0 Å². The topological polar surface area (TPSA) is 135 Å². The lowest BCUT2D eigenvalue weighted by Gasteiger charge is -2.19. The number of amidine groups is 1. The van der Waals surface area contributed by atoms with Crippen molar-refractivity contribution in [2.45, 2.75) is 48.8 Å². The van der Waals surface area contributed by atoms with Crippen molar-refractivity contribution in [1.82, 2.24) is 10.3 Å². The van der Waals surface area contributed by atoms with Crippen LogP contribution in [0.5, 0.6) is 0 Å². The molecule has 3 amide bonds. The van der Waals surface area contributed by atoms with Crippen molar-refractivity contribution >= 4 is 91.1 Å². The van der Waals surface area contributed by atoms with Gasteiger partial charge in [-0.2, -0.15) is 0 Å². The van der Waals surface area contributed by atoms with Gasteiger partial charge < -0.3 is 5.32 Å². The molecule has 1 N–H and O–H groups in total. The van der Waals surface area contributed by atoms with Crippen LogP contribution in [0.3, 0.4) is 0 Å². The highest BCUT2D eigenvalue weighted by Gasteiger charge is 2.48. The fourth-order valence-electron chi connectivity index (χ4n) is 6.20. The number of carbonyl (C=O) groups is 3. The molecule has 1 aliphatic carbocycles. The van der Waals surface area contributed by atoms with Gasteiger partial charge in [-0.15, -0.1) is 11.3 Å². The summed E-state index contributed by atoms with van der Waals surface area (Å²) in [5.74, 6) is -1.04. The lowest BCUT2D eigenvalue weighted by molar-refractivity contribution is -0.387. The number of carbonyl (C=O) groups excluding carboxylic acids is 3. The molecular weight excluding hydrogens is 643 g/mol. The summed E-state index contributed by atoms with van der Waals surface area (Å²) in [4.78, 5) is 61.8. The van der Waals surface area contributed by atoms with Crippen LogP contribution in [-0.4, -0.2) is 32.8 Å². The van der Waals surface area contributed by atoms with Crippen molar-refractivity contribution in [2.75, 3.05) is 4.90 Å². The van der Waals surface area contributed by atoms with Gasteiger partial charge in [-0.3, -0.25) is 29.4 Å². The second kappa shape index (κ2) is 12.1. The molecule has 0 radical (unpaired) electrons. The van der Waals surface area contributed by atoms with E-state index >= 15 is 0 Å². The van der Waals surface area contributed by atoms with Gasteiger partial charge >= 0.3 is 0 Å². The summed E-state index contributed by atoms with van der Waals surface area (Å²) in [5, 5.41) is 15.3. The largest absolute Gasteiger partial charge is 0.300 e. The van der Waals surface area contributed by atoms with Crippen LogP contribution in [-0.2, 0) is 14.4 Å². The molecule has 0 unspecified atom stereocenters. The fraction of sp³-hybridized carbons (Fsp3) is 0.242. The Morgan fingerprint density at radius 3 is 2.41 bits per heavy atom. The van der Waals surface area contributed by atoms with E-state index < -0.39 is 4.92 Å². The van der Waals surface area contributed by atoms with Crippen molar-refractivity contribution in [1.29, 1.82) is 0 Å². The Hall–Kier alpha value is -4.33. The Balaban J connectivity index is 1.11. The number of nitrogens with one attached hydrogen (secondary N) is 1. The summed E-state index contributed by atoms with van der Waals surface area (Å²) in [6.45, 7) is 3.96. The second-order valence-electron chi connectivity index (χ2n) is 11.6. The Morgan fingerprint density at radius 2 is 1.72 bits per heavy atom. The zero-order valence-corrected chi connectivity index (χ0v) is 27.3. The van der Waals surface area contributed by atoms with Gasteiger partial charge in [0.2, 0.25) is 11.8 Å². The van der Waals surface area contributed by atoms with Crippen molar-refractivity contribution < 1.29 is 19.3 Å². The average Bonchev–Trinajstić information content (AvgIpc) is 3.65. The number of thioether (sulfide) groups is 1. The van der Waals surface area contributed by atoms with Gasteiger partial charge in [0.25, 0.3) is 11.6 Å². The molecule has 4 aromatic rings. The monoisotopic (exact) mass is 669 g/mol. The summed E-state index contributed by atoms with van der Waals surface area (Å²) in [5.41, 5.74) is 4.49. The highest BCUT2D eigenvalue weighted by molar-refractivity contribution is 8.18. The zero-order valence-electron chi connectivity index (χ0n) is 24.8. The maximum absolute atomic E-state index is 13.1. The molecule has 3 fully saturated rings. The maximum Gasteiger partial charge on any atom is 0.283 e. The number of aryl methyl sites for hydroxylation is 2. The minimum Gasteiger partial charge on any atom is -0.300 e. The Bertz CT molecular complexity index is 1990. The first-order chi connectivity index (χ1) is 22.1. The van der Waals surface area contributed by atoms with Gasteiger partial charge in [0.05, 0.1) is 48.2 Å². The predicted octanol–water partition coefficient (Wildman–Crippen LogP) is 7.54. The van der Waals surface area contributed by atoms with E-state index in [2.05, 4.69) is 15.3 Å². The number of benzene rings is 3. The van der Waals surface area contributed by atoms with E-state index in [0.717, 1.165) is 47.2 Å². The number of aromatic nitrogens is 1. The SMILES string of the molecule is Cc1cc(C)cc(N=C2NC(=O)/C(=C/c3ccc(Sc4nc5ccc(N6C(=O)[C@H]7CCCC[C@@H]7C6=O)cc5s4)c([N+](=O)[O-])c3)S2)c1. The van der Waals surface area contributed by atoms with E-state index in [1.165, 1.54) is 45.8 Å². The molecule has 1 saturated carbocycles. The van der Waals surface area contributed by atoms with Crippen LogP contribution in [0.15, 0.2) is 73.7 Å². The van der Waals surface area contributed by atoms with E-state index in [-0.39, 0.29) is 35.2 Å². The standard InChI is InChI=1S/C33H27N5O5S3/c1-17-11-18(2)13-20(12-17)34-32-36-29(39)28(44-32)15-19-7-10-26(25(14-19)38(42)43)45-33-35-24-9-8-21(16-27(24)46-33)37-30(40)22-5-3-4-6-23(22)31(37)41/h7-16,22-23H,3-6H2,1-2H3,(H,34,36,39)/b28-15-/t22-,23-/m0/s1. The molecule has 1 aromatic heterocycles. The van der Waals surface area contributed by atoms with Crippen LogP contribution in [0.2, 0.25) is 0 Å². The summed E-state index contributed by atoms with van der Waals surface area (Å²) in [6, 6.07) is 16.0. The summed E-state index contributed by atoms with van der Waals surface area (Å²) in [6.07, 6.45) is 5.04. The van der Waals surface area contributed by atoms with E-state index in [1.54, 1.807) is 36.4 Å². The van der Waals surface area contributed by atoms with Crippen LogP contribution >= 0.6 is 34.9 Å². The van der Waals surface area contributed by atoms with Crippen LogP contribution in [0.4, 0.5) is 17.1 Å². The average molecular weight is 670 g/mol. The molecule has 46 heavy (non-hydrogen) atoms. The lowest BCUT2D eigenvalue weighted by atomic mass is 9.81. The first kappa shape index (κ1) is 30.3. The normalized spacial score (nSPS) is 21.4. The third kappa shape index (κ3) is 5.85. The highest BCUT2D eigenvalue weighted by Crippen LogP contribution is 2.43. The molecule has 0 bridgehead atoms. The number of anilines is 1. The van der Waals surface area contributed by atoms with Gasteiger partial charge in [0.1, 0.15) is 0 Å². The first-order valence-corrected chi connectivity index (χ1v) is 17.2. The molecule has 3 heterocycles. The predicted molar refractivity (Wildman–Crippen MR) is 182 cm³/mol. The molecular formula is C33H27N5O5S3. The quantitative estimate of drug-likeness (QED) is 0.0963. The summed E-state index contributed by atoms with van der Waals surface area (Å²) >= 11 is 3.70. The minimum absolute atomic E-state index is 0.109. The molecule has 3 aromatic carbocycles. The molecule has 2 aliphatic heterocycles. The van der Waals surface area contributed by atoms with E-state index in [4.69, 9.17) is 0 Å². The summed E-state index contributed by atoms with van der Waals surface area (Å²) < 4.78 is 1.37. The molecule has 13 heteroatoms. The number of rotatable bonds is 6. The van der Waals surface area contributed by atoms with E-state index in [9.17, 15) is 24.5 Å². The van der Waals surface area contributed by atoms with Gasteiger partial charge in [-0.05, 0) is 97.6 Å². The number of aliphatic imine (C=N–C) groups is 1. The van der Waals surface area contributed by atoms with Gasteiger partial charge in [0, 0.05) is 6.07 Å². The van der Waals surface area contributed by atoms with Gasteiger partial charge in [0.15, 0.2) is 9.51 Å². The Labute approximate surface area is 276 Å². The molecule has 0 spiro atoms. The number of nitro benzene ring substituents is 1. The van der Waals surface area contributed by atoms with Crippen LogP contribution in [0, 0.1) is 35.8 Å². The highest BCUT2D eigenvalue weighted by atomic mass is 32.2. The second-order valence-corrected chi connectivity index (χ2v) is 14.9. The van der Waals surface area contributed by atoms with Gasteiger partial charge in [-0.1, -0.05) is 36.7 Å². The first-order valence-electron chi connectivity index (χ1n) is 14.8. The van der Waals surface area contributed by atoms with Crippen LogP contribution < -0.4 is 10.2 Å². The molecule has 10 nitrogen and oxygen atoms in total. The molecule has 232 valence electrons. The number of hydrogen-bond donors (Lipinski definition) is 1. The number of nitro groups is 1. The number of fused-ring (bicyclic) bond motifs is 2. The fourth-order valence-corrected chi connectivity index (χ4v) is 9.19. The van der Waals surface area contributed by atoms with Crippen LogP contribution in [0.1, 0.15) is 42.4 Å². The van der Waals surface area contributed by atoms with E-state index in [1.807, 2.05) is 32.0 Å². The van der Waals surface area contributed by atoms with E-state index in [0.29, 0.717) is 36.1 Å². The number of amides is 3. The number of imide groups is 1. The minimum atomic E-state index is -0.450. The smallest absolute Gasteiger partial charge is 0.283 e. The van der Waals surface area contributed by atoms with Crippen molar-refractivity contribution in [3.05, 3.63) is 86.3 Å². The molecule has 2 saturated heterocycles.